The second-order valence-corrected chi connectivity index (χ2v) is 6.78. The normalized spacial score (nSPS) is 25.8. The third kappa shape index (κ3) is 2.14. The zero-order valence-electron chi connectivity index (χ0n) is 12.9. The van der Waals surface area contributed by atoms with E-state index in [1.807, 2.05) is 6.92 Å². The van der Waals surface area contributed by atoms with Crippen molar-refractivity contribution in [1.29, 1.82) is 0 Å². The second kappa shape index (κ2) is 4.58. The predicted octanol–water partition coefficient (Wildman–Crippen LogP) is 2.07. The highest BCUT2D eigenvalue weighted by Crippen LogP contribution is 2.41. The van der Waals surface area contributed by atoms with Gasteiger partial charge in [-0.3, -0.25) is 0 Å². The van der Waals surface area contributed by atoms with E-state index in [0.717, 1.165) is 29.7 Å². The molecule has 0 spiro atoms. The van der Waals surface area contributed by atoms with Gasteiger partial charge >= 0.3 is 0 Å². The molecule has 2 aliphatic heterocycles. The summed E-state index contributed by atoms with van der Waals surface area (Å²) in [5.41, 5.74) is 0.942. The highest BCUT2D eigenvalue weighted by atomic mass is 16.5. The summed E-state index contributed by atoms with van der Waals surface area (Å²) in [4.78, 5) is 11.6. The van der Waals surface area contributed by atoms with Crippen molar-refractivity contribution >= 4 is 5.82 Å². The molecular weight excluding hydrogens is 254 g/mol. The number of hydrogen-bond donors (Lipinski definition) is 0. The maximum atomic E-state index is 6.01. The van der Waals surface area contributed by atoms with E-state index >= 15 is 0 Å². The van der Waals surface area contributed by atoms with Crippen molar-refractivity contribution in [3.8, 4) is 5.75 Å². The Kier molecular flexibility index (Phi) is 3.12. The van der Waals surface area contributed by atoms with Gasteiger partial charge in [-0.15, -0.1) is 0 Å². The Labute approximate surface area is 120 Å². The van der Waals surface area contributed by atoms with Gasteiger partial charge in [0.15, 0.2) is 11.6 Å². The molecule has 1 aromatic rings. The molecule has 0 aromatic carbocycles. The third-order valence-electron chi connectivity index (χ3n) is 3.87. The topological polar surface area (TPSA) is 47.5 Å². The summed E-state index contributed by atoms with van der Waals surface area (Å²) in [7, 11) is 0. The van der Waals surface area contributed by atoms with Gasteiger partial charge in [0.05, 0.1) is 31.0 Å². The molecule has 0 N–H and O–H groups in total. The Hall–Kier alpha value is -1.36. The fourth-order valence-electron chi connectivity index (χ4n) is 2.95. The molecule has 0 aliphatic carbocycles. The monoisotopic (exact) mass is 277 g/mol. The van der Waals surface area contributed by atoms with Crippen LogP contribution in [0.1, 0.15) is 39.2 Å². The number of nitrogens with zero attached hydrogens (tertiary/aromatic N) is 3. The van der Waals surface area contributed by atoms with E-state index in [1.54, 1.807) is 0 Å². The molecule has 0 unspecified atom stereocenters. The maximum Gasteiger partial charge on any atom is 0.183 e. The van der Waals surface area contributed by atoms with Gasteiger partial charge < -0.3 is 14.4 Å². The number of rotatable bonds is 0. The van der Waals surface area contributed by atoms with Crippen LogP contribution in [0.15, 0.2) is 0 Å². The Morgan fingerprint density at radius 1 is 1.15 bits per heavy atom. The highest BCUT2D eigenvalue weighted by molar-refractivity contribution is 5.59. The molecule has 2 aliphatic rings. The molecule has 1 saturated heterocycles. The quantitative estimate of drug-likeness (QED) is 0.726. The van der Waals surface area contributed by atoms with Gasteiger partial charge in [0.2, 0.25) is 0 Å². The number of anilines is 1. The van der Waals surface area contributed by atoms with Gasteiger partial charge in [-0.05, 0) is 13.8 Å². The lowest BCUT2D eigenvalue weighted by Gasteiger charge is -2.45. The average molecular weight is 277 g/mol. The average Bonchev–Trinajstić information content (AvgIpc) is 2.36. The zero-order chi connectivity index (χ0) is 14.5. The van der Waals surface area contributed by atoms with Crippen molar-refractivity contribution < 1.29 is 9.47 Å². The Morgan fingerprint density at radius 2 is 1.90 bits per heavy atom. The number of ether oxygens (including phenoxy) is 2. The van der Waals surface area contributed by atoms with Crippen molar-refractivity contribution in [2.45, 2.75) is 52.1 Å². The predicted molar refractivity (Wildman–Crippen MR) is 77.5 cm³/mol. The molecule has 0 bridgehead atoms. The van der Waals surface area contributed by atoms with Gasteiger partial charge in [0.25, 0.3) is 0 Å². The zero-order valence-corrected chi connectivity index (χ0v) is 12.9. The van der Waals surface area contributed by atoms with Crippen molar-refractivity contribution in [3.05, 3.63) is 11.5 Å². The Morgan fingerprint density at radius 3 is 2.60 bits per heavy atom. The molecule has 3 heterocycles. The lowest BCUT2D eigenvalue weighted by Crippen LogP contribution is -2.56. The van der Waals surface area contributed by atoms with E-state index in [2.05, 4.69) is 42.6 Å². The van der Waals surface area contributed by atoms with Crippen LogP contribution in [0, 0.1) is 6.92 Å². The Bertz CT molecular complexity index is 525. The molecule has 5 heteroatoms. The number of hydrogen-bond acceptors (Lipinski definition) is 5. The highest BCUT2D eigenvalue weighted by Gasteiger charge is 2.38. The second-order valence-electron chi connectivity index (χ2n) is 6.78. The summed E-state index contributed by atoms with van der Waals surface area (Å²) >= 11 is 0. The maximum absolute atomic E-state index is 6.01. The van der Waals surface area contributed by atoms with E-state index in [9.17, 15) is 0 Å². The number of aryl methyl sites for hydroxylation is 1. The van der Waals surface area contributed by atoms with Crippen molar-refractivity contribution in [3.63, 3.8) is 0 Å². The van der Waals surface area contributed by atoms with Crippen LogP contribution in [-0.4, -0.2) is 41.9 Å². The van der Waals surface area contributed by atoms with E-state index in [1.165, 1.54) is 0 Å². The molecule has 3 rings (SSSR count). The standard InChI is InChI=1S/C15H23N3O2/c1-9-6-19-7-11-8-20-12-13(15(3,4)5)16-10(2)17-14(12)18(9)11/h9,11H,6-8H2,1-5H3/t9-,11+/m1/s1. The van der Waals surface area contributed by atoms with Gasteiger partial charge in [0, 0.05) is 5.41 Å². The van der Waals surface area contributed by atoms with Crippen LogP contribution in [0.5, 0.6) is 5.75 Å². The van der Waals surface area contributed by atoms with Crippen LogP contribution < -0.4 is 9.64 Å². The van der Waals surface area contributed by atoms with Crippen molar-refractivity contribution in [2.75, 3.05) is 24.7 Å². The third-order valence-corrected chi connectivity index (χ3v) is 3.87. The molecule has 20 heavy (non-hydrogen) atoms. The van der Waals surface area contributed by atoms with Crippen LogP contribution in [-0.2, 0) is 10.2 Å². The van der Waals surface area contributed by atoms with Crippen LogP contribution in [0.3, 0.4) is 0 Å². The molecule has 1 aromatic heterocycles. The molecular formula is C15H23N3O2. The lowest BCUT2D eigenvalue weighted by atomic mass is 9.90. The molecule has 0 radical (unpaired) electrons. The van der Waals surface area contributed by atoms with Crippen LogP contribution >= 0.6 is 0 Å². The molecule has 110 valence electrons. The molecule has 0 saturated carbocycles. The SMILES string of the molecule is Cc1nc2c(c(C(C)(C)C)n1)OC[C@@H]1COC[C@@H](C)N21. The van der Waals surface area contributed by atoms with Gasteiger partial charge in [-0.1, -0.05) is 20.8 Å². The summed E-state index contributed by atoms with van der Waals surface area (Å²) < 4.78 is 11.6. The fraction of sp³-hybridized carbons (Fsp3) is 0.733. The minimum absolute atomic E-state index is 0.0554. The van der Waals surface area contributed by atoms with Crippen LogP contribution in [0.4, 0.5) is 5.82 Å². The summed E-state index contributed by atoms with van der Waals surface area (Å²) in [6.07, 6.45) is 0. The van der Waals surface area contributed by atoms with E-state index < -0.39 is 0 Å². The molecule has 5 nitrogen and oxygen atoms in total. The minimum atomic E-state index is -0.0554. The van der Waals surface area contributed by atoms with Gasteiger partial charge in [-0.25, -0.2) is 9.97 Å². The van der Waals surface area contributed by atoms with Crippen molar-refractivity contribution in [1.82, 2.24) is 9.97 Å². The van der Waals surface area contributed by atoms with E-state index in [0.29, 0.717) is 19.3 Å². The summed E-state index contributed by atoms with van der Waals surface area (Å²) in [6.45, 7) is 12.7. The fourth-order valence-corrected chi connectivity index (χ4v) is 2.95. The molecule has 0 amide bonds. The van der Waals surface area contributed by atoms with Crippen LogP contribution in [0.2, 0.25) is 0 Å². The first kappa shape index (κ1) is 13.6. The van der Waals surface area contributed by atoms with Crippen LogP contribution in [0.25, 0.3) is 0 Å². The summed E-state index contributed by atoms with van der Waals surface area (Å²) in [6, 6.07) is 0.576. The number of morpholine rings is 1. The first-order chi connectivity index (χ1) is 9.38. The first-order valence-corrected chi connectivity index (χ1v) is 7.26. The smallest absolute Gasteiger partial charge is 0.183 e. The van der Waals surface area contributed by atoms with Gasteiger partial charge in [0.1, 0.15) is 12.4 Å². The molecule has 2 atom stereocenters. The van der Waals surface area contributed by atoms with E-state index in [4.69, 9.17) is 9.47 Å². The Balaban J connectivity index is 2.14. The van der Waals surface area contributed by atoms with Gasteiger partial charge in [-0.2, -0.15) is 0 Å². The first-order valence-electron chi connectivity index (χ1n) is 7.26. The van der Waals surface area contributed by atoms with Crippen molar-refractivity contribution in [2.24, 2.45) is 0 Å². The molecule has 1 fully saturated rings. The lowest BCUT2D eigenvalue weighted by molar-refractivity contribution is 0.0480. The summed E-state index contributed by atoms with van der Waals surface area (Å²) in [5.74, 6) is 2.60. The minimum Gasteiger partial charge on any atom is -0.486 e. The van der Waals surface area contributed by atoms with E-state index in [-0.39, 0.29) is 11.5 Å². The number of aromatic nitrogens is 2. The summed E-state index contributed by atoms with van der Waals surface area (Å²) in [5, 5.41) is 0. The number of fused-ring (bicyclic) bond motifs is 3. The largest absolute Gasteiger partial charge is 0.486 e.